The highest BCUT2D eigenvalue weighted by Crippen LogP contribution is 2.47. The number of benzene rings is 2. The molecular weight excluding hydrogens is 662 g/mol. The van der Waals surface area contributed by atoms with E-state index < -0.39 is 11.0 Å². The lowest BCUT2D eigenvalue weighted by Crippen LogP contribution is -2.49. The molecule has 0 saturated heterocycles. The number of aliphatic hydroxyl groups excluding tert-OH is 1. The van der Waals surface area contributed by atoms with Crippen LogP contribution in [0.3, 0.4) is 0 Å². The van der Waals surface area contributed by atoms with Crippen LogP contribution in [0.15, 0.2) is 36.4 Å². The van der Waals surface area contributed by atoms with Gasteiger partial charge in [-0.3, -0.25) is 14.3 Å². The molecule has 6 rings (SSSR count). The van der Waals surface area contributed by atoms with Crippen LogP contribution < -0.4 is 14.4 Å². The smallest absolute Gasteiger partial charge is 0.263 e. The molecule has 2 aliphatic heterocycles. The van der Waals surface area contributed by atoms with Crippen LogP contribution in [-0.4, -0.2) is 84.4 Å². The van der Waals surface area contributed by atoms with Gasteiger partial charge in [0.25, 0.3) is 5.91 Å². The summed E-state index contributed by atoms with van der Waals surface area (Å²) in [6.07, 6.45) is 7.47. The Labute approximate surface area is 299 Å². The summed E-state index contributed by atoms with van der Waals surface area (Å²) in [6.45, 7) is 8.99. The number of hydrogen-bond acceptors (Lipinski definition) is 7. The molecule has 4 aliphatic rings. The molecule has 7 atom stereocenters. The number of carbonyl (C=O) groups is 2. The largest absolute Gasteiger partial charge is 0.490 e. The second-order valence-corrected chi connectivity index (χ2v) is 16.6. The molecule has 2 aliphatic carbocycles. The molecular formula is C38H54ClN3O6S. The molecule has 0 radical (unpaired) electrons. The molecule has 11 heteroatoms. The SMILES string of the molecule is CC1CCCC(O)C2CCC2CN2C[C@@]3(CCCc4cc(Cl)ccc43)COc3ccc(cc32)C(=O)NS(=O)C1C.COCCN(C)C(C)=O. The van der Waals surface area contributed by atoms with Crippen LogP contribution in [0, 0.1) is 17.8 Å². The highest BCUT2D eigenvalue weighted by atomic mass is 35.5. The summed E-state index contributed by atoms with van der Waals surface area (Å²) in [7, 11) is 1.87. The quantitative estimate of drug-likeness (QED) is 0.407. The van der Waals surface area contributed by atoms with E-state index in [1.165, 1.54) is 18.1 Å². The summed E-state index contributed by atoms with van der Waals surface area (Å²) < 4.78 is 27.2. The molecule has 6 unspecified atom stereocenters. The van der Waals surface area contributed by atoms with Gasteiger partial charge in [0.1, 0.15) is 16.7 Å². The number of halogens is 1. The van der Waals surface area contributed by atoms with E-state index in [2.05, 4.69) is 28.7 Å². The fourth-order valence-corrected chi connectivity index (χ4v) is 9.04. The first-order chi connectivity index (χ1) is 23.4. The molecule has 1 spiro atoms. The number of aryl methyl sites for hydroxylation is 1. The number of carbonyl (C=O) groups excluding carboxylic acids is 2. The van der Waals surface area contributed by atoms with E-state index in [0.717, 1.165) is 80.9 Å². The Morgan fingerprint density at radius 1 is 1.16 bits per heavy atom. The fourth-order valence-electron chi connectivity index (χ4n) is 7.80. The van der Waals surface area contributed by atoms with Crippen LogP contribution in [0.2, 0.25) is 5.02 Å². The zero-order valence-electron chi connectivity index (χ0n) is 29.7. The summed E-state index contributed by atoms with van der Waals surface area (Å²) in [5.41, 5.74) is 3.82. The van der Waals surface area contributed by atoms with Gasteiger partial charge in [-0.15, -0.1) is 0 Å². The van der Waals surface area contributed by atoms with Gasteiger partial charge in [0, 0.05) is 56.7 Å². The first kappa shape index (κ1) is 37.6. The third-order valence-electron chi connectivity index (χ3n) is 11.4. The van der Waals surface area contributed by atoms with E-state index in [1.807, 2.05) is 25.1 Å². The number of ether oxygens (including phenoxy) is 2. The first-order valence-corrected chi connectivity index (χ1v) is 19.4. The highest BCUT2D eigenvalue weighted by Gasteiger charge is 2.44. The highest BCUT2D eigenvalue weighted by molar-refractivity contribution is 7.84. The number of likely N-dealkylation sites (N-methyl/N-ethyl adjacent to an activating group) is 1. The van der Waals surface area contributed by atoms with Crippen LogP contribution in [0.25, 0.3) is 0 Å². The van der Waals surface area contributed by atoms with Crippen molar-refractivity contribution in [2.45, 2.75) is 88.9 Å². The van der Waals surface area contributed by atoms with Crippen molar-refractivity contribution in [3.8, 4) is 5.75 Å². The van der Waals surface area contributed by atoms with Gasteiger partial charge in [-0.05, 0) is 111 Å². The second-order valence-electron chi connectivity index (χ2n) is 14.6. The van der Waals surface area contributed by atoms with Crippen molar-refractivity contribution >= 4 is 40.1 Å². The average Bonchev–Trinajstić information content (AvgIpc) is 3.21. The number of anilines is 1. The maximum atomic E-state index is 13.3. The first-order valence-electron chi connectivity index (χ1n) is 17.8. The second kappa shape index (κ2) is 16.6. The van der Waals surface area contributed by atoms with E-state index in [0.29, 0.717) is 31.2 Å². The van der Waals surface area contributed by atoms with Crippen molar-refractivity contribution in [3.63, 3.8) is 0 Å². The number of methoxy groups -OCH3 is 1. The lowest BCUT2D eigenvalue weighted by Gasteiger charge is -2.46. The molecule has 2 bridgehead atoms. The maximum absolute atomic E-state index is 13.3. The van der Waals surface area contributed by atoms with Gasteiger partial charge >= 0.3 is 0 Å². The maximum Gasteiger partial charge on any atom is 0.263 e. The number of amides is 2. The molecule has 270 valence electrons. The lowest BCUT2D eigenvalue weighted by atomic mass is 9.68. The number of aliphatic hydroxyl groups is 1. The van der Waals surface area contributed by atoms with Gasteiger partial charge in [0.15, 0.2) is 0 Å². The summed E-state index contributed by atoms with van der Waals surface area (Å²) >= 11 is 6.39. The van der Waals surface area contributed by atoms with Crippen LogP contribution in [-0.2, 0) is 32.4 Å². The van der Waals surface area contributed by atoms with E-state index >= 15 is 0 Å². The van der Waals surface area contributed by atoms with Gasteiger partial charge in [-0.25, -0.2) is 4.21 Å². The number of hydrogen-bond donors (Lipinski definition) is 2. The van der Waals surface area contributed by atoms with Crippen molar-refractivity contribution in [1.82, 2.24) is 9.62 Å². The minimum absolute atomic E-state index is 0.0760. The topological polar surface area (TPSA) is 108 Å². The Bertz CT molecular complexity index is 1510. The Morgan fingerprint density at radius 2 is 1.96 bits per heavy atom. The zero-order valence-corrected chi connectivity index (χ0v) is 31.3. The van der Waals surface area contributed by atoms with Gasteiger partial charge in [-0.2, -0.15) is 0 Å². The molecule has 2 N–H and O–H groups in total. The van der Waals surface area contributed by atoms with Crippen molar-refractivity contribution in [3.05, 3.63) is 58.1 Å². The van der Waals surface area contributed by atoms with Crippen LogP contribution in [0.1, 0.15) is 87.2 Å². The Hall–Kier alpha value is -2.66. The van der Waals surface area contributed by atoms with Crippen LogP contribution in [0.5, 0.6) is 5.75 Å². The third kappa shape index (κ3) is 8.81. The molecule has 1 saturated carbocycles. The Kier molecular flexibility index (Phi) is 12.7. The van der Waals surface area contributed by atoms with E-state index in [4.69, 9.17) is 21.1 Å². The van der Waals surface area contributed by atoms with Gasteiger partial charge in [0.2, 0.25) is 5.91 Å². The number of nitrogens with one attached hydrogen (secondary N) is 1. The van der Waals surface area contributed by atoms with Crippen molar-refractivity contribution in [2.75, 3.05) is 51.9 Å². The summed E-state index contributed by atoms with van der Waals surface area (Å²) in [5.74, 6) is 1.38. The van der Waals surface area contributed by atoms with Gasteiger partial charge in [-0.1, -0.05) is 31.0 Å². The summed E-state index contributed by atoms with van der Waals surface area (Å²) in [5, 5.41) is 11.8. The zero-order chi connectivity index (χ0) is 35.3. The molecule has 2 aromatic rings. The number of rotatable bonds is 3. The number of nitrogens with zero attached hydrogens (tertiary/aromatic N) is 2. The molecule has 9 nitrogen and oxygen atoms in total. The normalized spacial score (nSPS) is 29.9. The molecule has 49 heavy (non-hydrogen) atoms. The summed E-state index contributed by atoms with van der Waals surface area (Å²) in [4.78, 5) is 27.8. The predicted molar refractivity (Wildman–Crippen MR) is 196 cm³/mol. The lowest BCUT2D eigenvalue weighted by molar-refractivity contribution is -0.128. The average molecular weight is 716 g/mol. The number of fused-ring (bicyclic) bond motifs is 4. The van der Waals surface area contributed by atoms with Gasteiger partial charge < -0.3 is 24.4 Å². The molecule has 2 heterocycles. The molecule has 2 aromatic carbocycles. The van der Waals surface area contributed by atoms with Crippen molar-refractivity contribution < 1.29 is 28.4 Å². The summed E-state index contributed by atoms with van der Waals surface area (Å²) in [6, 6.07) is 11.9. The molecule has 2 amide bonds. The van der Waals surface area contributed by atoms with E-state index in [-0.39, 0.29) is 40.4 Å². The minimum atomic E-state index is -1.50. The van der Waals surface area contributed by atoms with Crippen LogP contribution in [0.4, 0.5) is 5.69 Å². The van der Waals surface area contributed by atoms with E-state index in [9.17, 15) is 18.9 Å². The fraction of sp³-hybridized carbons (Fsp3) is 0.632. The van der Waals surface area contributed by atoms with E-state index in [1.54, 1.807) is 25.1 Å². The van der Waals surface area contributed by atoms with Crippen molar-refractivity contribution in [1.29, 1.82) is 0 Å². The van der Waals surface area contributed by atoms with Gasteiger partial charge in [0.05, 0.1) is 30.3 Å². The third-order valence-corrected chi connectivity index (χ3v) is 13.1. The monoisotopic (exact) mass is 715 g/mol. The molecule has 1 fully saturated rings. The Morgan fingerprint density at radius 3 is 2.67 bits per heavy atom. The standard InChI is InChI=1S/C32H41ClN2O4S.C6H13NO2/c1-20-5-3-7-29(36)26-11-8-24(26)17-35-18-32(14-4-6-22-15-25(33)10-12-27(22)32)19-39-30-13-9-23(16-28(30)35)31(37)34-40(38)21(20)2;1-6(8)7(2)4-5-9-3/h9-10,12-13,15-16,20-21,24,26,29,36H,3-8,11,14,17-19H2,1-2H3,(H,34,37);4-5H2,1-3H3/t20?,21?,24?,26?,29?,32-,40?;/m0./s1. The minimum Gasteiger partial charge on any atom is -0.490 e. The molecule has 0 aromatic heterocycles. The predicted octanol–water partition coefficient (Wildman–Crippen LogP) is 5.91. The Balaban J connectivity index is 0.000000459. The van der Waals surface area contributed by atoms with Crippen LogP contribution >= 0.6 is 11.6 Å². The van der Waals surface area contributed by atoms with Crippen molar-refractivity contribution in [2.24, 2.45) is 17.8 Å².